The molecule has 1 N–H and O–H groups in total. The van der Waals surface area contributed by atoms with Crippen LogP contribution in [0.5, 0.6) is 5.75 Å². The number of nitrogens with one attached hydrogen (secondary N) is 1. The lowest BCUT2D eigenvalue weighted by Crippen LogP contribution is -2.17. The maximum Gasteiger partial charge on any atom is 0.123 e. The summed E-state index contributed by atoms with van der Waals surface area (Å²) in [6.07, 6.45) is 4.02. The zero-order valence-electron chi connectivity index (χ0n) is 10.4. The van der Waals surface area contributed by atoms with Crippen LogP contribution in [0.2, 0.25) is 0 Å². The lowest BCUT2D eigenvalue weighted by atomic mass is 9.99. The topological polar surface area (TPSA) is 21.3 Å². The highest BCUT2D eigenvalue weighted by Crippen LogP contribution is 2.39. The van der Waals surface area contributed by atoms with E-state index in [1.807, 2.05) is 7.05 Å². The van der Waals surface area contributed by atoms with Crippen LogP contribution in [-0.2, 0) is 0 Å². The van der Waals surface area contributed by atoms with Crippen LogP contribution >= 0.6 is 0 Å². The Morgan fingerprint density at radius 1 is 1.44 bits per heavy atom. The molecule has 1 saturated carbocycles. The Morgan fingerprint density at radius 3 is 2.75 bits per heavy atom. The summed E-state index contributed by atoms with van der Waals surface area (Å²) < 4.78 is 5.47. The van der Waals surface area contributed by atoms with E-state index in [1.165, 1.54) is 30.4 Å². The highest BCUT2D eigenvalue weighted by Gasteiger charge is 2.26. The zero-order valence-corrected chi connectivity index (χ0v) is 10.4. The predicted molar refractivity (Wildman–Crippen MR) is 66.9 cm³/mol. The molecule has 1 atom stereocenters. The second kappa shape index (κ2) is 4.88. The van der Waals surface area contributed by atoms with Gasteiger partial charge in [0, 0.05) is 11.6 Å². The Labute approximate surface area is 98.0 Å². The average molecular weight is 219 g/mol. The quantitative estimate of drug-likeness (QED) is 0.821. The van der Waals surface area contributed by atoms with Gasteiger partial charge in [-0.3, -0.25) is 0 Å². The van der Waals surface area contributed by atoms with Crippen LogP contribution in [0.1, 0.15) is 36.4 Å². The third kappa shape index (κ3) is 2.56. The van der Waals surface area contributed by atoms with E-state index >= 15 is 0 Å². The van der Waals surface area contributed by atoms with Gasteiger partial charge in [-0.05, 0) is 37.9 Å². The van der Waals surface area contributed by atoms with Gasteiger partial charge in [0.15, 0.2) is 0 Å². The molecule has 88 valence electrons. The van der Waals surface area contributed by atoms with Crippen molar-refractivity contribution in [1.82, 2.24) is 5.32 Å². The SMILES string of the molecule is CNC(CC1CC1)c1ccc(C)cc1OC. The van der Waals surface area contributed by atoms with Crippen LogP contribution in [0.25, 0.3) is 0 Å². The first kappa shape index (κ1) is 11.5. The lowest BCUT2D eigenvalue weighted by molar-refractivity contribution is 0.396. The highest BCUT2D eigenvalue weighted by molar-refractivity contribution is 5.39. The smallest absolute Gasteiger partial charge is 0.123 e. The second-order valence-electron chi connectivity index (χ2n) is 4.77. The van der Waals surface area contributed by atoms with Crippen molar-refractivity contribution in [2.45, 2.75) is 32.2 Å². The maximum absolute atomic E-state index is 5.47. The van der Waals surface area contributed by atoms with E-state index < -0.39 is 0 Å². The number of aryl methyl sites for hydroxylation is 1. The molecule has 16 heavy (non-hydrogen) atoms. The standard InChI is InChI=1S/C14H21NO/c1-10-4-7-12(14(8-10)16-3)13(15-2)9-11-5-6-11/h4,7-8,11,13,15H,5-6,9H2,1-3H3. The number of ether oxygens (including phenoxy) is 1. The molecule has 0 saturated heterocycles. The molecule has 0 radical (unpaired) electrons. The molecule has 1 aliphatic rings. The van der Waals surface area contributed by atoms with Crippen molar-refractivity contribution in [3.8, 4) is 5.75 Å². The molecular weight excluding hydrogens is 198 g/mol. The Morgan fingerprint density at radius 2 is 2.19 bits per heavy atom. The summed E-state index contributed by atoms with van der Waals surface area (Å²) in [5.41, 5.74) is 2.55. The molecule has 0 bridgehead atoms. The van der Waals surface area contributed by atoms with Gasteiger partial charge in [0.2, 0.25) is 0 Å². The average Bonchev–Trinajstić information content (AvgIpc) is 3.10. The van der Waals surface area contributed by atoms with Crippen LogP contribution in [-0.4, -0.2) is 14.2 Å². The highest BCUT2D eigenvalue weighted by atomic mass is 16.5. The summed E-state index contributed by atoms with van der Waals surface area (Å²) >= 11 is 0. The van der Waals surface area contributed by atoms with Gasteiger partial charge >= 0.3 is 0 Å². The molecule has 0 aromatic heterocycles. The maximum atomic E-state index is 5.47. The molecule has 1 aromatic rings. The van der Waals surface area contributed by atoms with Crippen molar-refractivity contribution in [2.75, 3.05) is 14.2 Å². The first-order chi connectivity index (χ1) is 7.74. The minimum atomic E-state index is 0.433. The van der Waals surface area contributed by atoms with Crippen molar-refractivity contribution in [1.29, 1.82) is 0 Å². The van der Waals surface area contributed by atoms with Crippen molar-refractivity contribution in [3.05, 3.63) is 29.3 Å². The molecule has 1 unspecified atom stereocenters. The third-order valence-corrected chi connectivity index (χ3v) is 3.38. The minimum absolute atomic E-state index is 0.433. The van der Waals surface area contributed by atoms with Crippen molar-refractivity contribution < 1.29 is 4.74 Å². The van der Waals surface area contributed by atoms with E-state index in [2.05, 4.69) is 30.4 Å². The van der Waals surface area contributed by atoms with Gasteiger partial charge in [0.05, 0.1) is 7.11 Å². The summed E-state index contributed by atoms with van der Waals surface area (Å²) in [5.74, 6) is 1.93. The van der Waals surface area contributed by atoms with Gasteiger partial charge in [0.1, 0.15) is 5.75 Å². The summed E-state index contributed by atoms with van der Waals surface area (Å²) in [6.45, 7) is 2.10. The molecule has 1 aliphatic carbocycles. The van der Waals surface area contributed by atoms with Gasteiger partial charge in [0.25, 0.3) is 0 Å². The predicted octanol–water partition coefficient (Wildman–Crippen LogP) is 3.06. The summed E-state index contributed by atoms with van der Waals surface area (Å²) in [6, 6.07) is 6.90. The Kier molecular flexibility index (Phi) is 3.49. The fraction of sp³-hybridized carbons (Fsp3) is 0.571. The number of benzene rings is 1. The lowest BCUT2D eigenvalue weighted by Gasteiger charge is -2.19. The first-order valence-corrected chi connectivity index (χ1v) is 6.06. The number of hydrogen-bond donors (Lipinski definition) is 1. The number of rotatable bonds is 5. The fourth-order valence-electron chi connectivity index (χ4n) is 2.19. The molecule has 0 heterocycles. The Balaban J connectivity index is 2.21. The van der Waals surface area contributed by atoms with Crippen molar-refractivity contribution in [3.63, 3.8) is 0 Å². The minimum Gasteiger partial charge on any atom is -0.496 e. The van der Waals surface area contributed by atoms with E-state index in [4.69, 9.17) is 4.74 Å². The Hall–Kier alpha value is -1.02. The van der Waals surface area contributed by atoms with E-state index in [9.17, 15) is 0 Å². The van der Waals surface area contributed by atoms with E-state index in [-0.39, 0.29) is 0 Å². The largest absolute Gasteiger partial charge is 0.496 e. The molecule has 1 aromatic carbocycles. The first-order valence-electron chi connectivity index (χ1n) is 6.06. The molecular formula is C14H21NO. The molecule has 0 spiro atoms. The van der Waals surface area contributed by atoms with Crippen LogP contribution in [0, 0.1) is 12.8 Å². The molecule has 0 amide bonds. The van der Waals surface area contributed by atoms with E-state index in [0.717, 1.165) is 11.7 Å². The van der Waals surface area contributed by atoms with Crippen LogP contribution < -0.4 is 10.1 Å². The molecule has 1 fully saturated rings. The number of hydrogen-bond acceptors (Lipinski definition) is 2. The normalized spacial score (nSPS) is 17.2. The van der Waals surface area contributed by atoms with E-state index in [0.29, 0.717) is 6.04 Å². The summed E-state index contributed by atoms with van der Waals surface area (Å²) in [7, 11) is 3.79. The zero-order chi connectivity index (χ0) is 11.5. The Bertz CT molecular complexity index is 358. The summed E-state index contributed by atoms with van der Waals surface area (Å²) in [4.78, 5) is 0. The third-order valence-electron chi connectivity index (χ3n) is 3.38. The molecule has 2 nitrogen and oxygen atoms in total. The van der Waals surface area contributed by atoms with Crippen molar-refractivity contribution in [2.24, 2.45) is 5.92 Å². The number of methoxy groups -OCH3 is 1. The second-order valence-corrected chi connectivity index (χ2v) is 4.77. The van der Waals surface area contributed by atoms with Gasteiger partial charge in [-0.1, -0.05) is 25.0 Å². The van der Waals surface area contributed by atoms with Gasteiger partial charge in [-0.2, -0.15) is 0 Å². The van der Waals surface area contributed by atoms with Crippen LogP contribution in [0.3, 0.4) is 0 Å². The van der Waals surface area contributed by atoms with Crippen LogP contribution in [0.15, 0.2) is 18.2 Å². The van der Waals surface area contributed by atoms with Gasteiger partial charge in [-0.25, -0.2) is 0 Å². The summed E-state index contributed by atoms with van der Waals surface area (Å²) in [5, 5.41) is 3.40. The van der Waals surface area contributed by atoms with Crippen LogP contribution in [0.4, 0.5) is 0 Å². The molecule has 2 rings (SSSR count). The molecule has 2 heteroatoms. The molecule has 0 aliphatic heterocycles. The van der Waals surface area contributed by atoms with Gasteiger partial charge < -0.3 is 10.1 Å². The monoisotopic (exact) mass is 219 g/mol. The van der Waals surface area contributed by atoms with Gasteiger partial charge in [-0.15, -0.1) is 0 Å². The van der Waals surface area contributed by atoms with Crippen molar-refractivity contribution >= 4 is 0 Å². The van der Waals surface area contributed by atoms with E-state index in [1.54, 1.807) is 7.11 Å². The fourth-order valence-corrected chi connectivity index (χ4v) is 2.19.